The number of cyclic esters (lactones) is 1. The molecule has 262 valence electrons. The van der Waals surface area contributed by atoms with Crippen LogP contribution in [0.5, 0.6) is 0 Å². The highest BCUT2D eigenvalue weighted by Crippen LogP contribution is 2.31. The second kappa shape index (κ2) is 21.8. The fourth-order valence-corrected chi connectivity index (χ4v) is 7.29. The molecule has 0 spiro atoms. The molecule has 0 aliphatic carbocycles. The van der Waals surface area contributed by atoms with Crippen LogP contribution in [0.25, 0.3) is 0 Å². The summed E-state index contributed by atoms with van der Waals surface area (Å²) in [4.78, 5) is 11.7. The third-order valence-electron chi connectivity index (χ3n) is 10.1. The zero-order valence-electron chi connectivity index (χ0n) is 28.5. The van der Waals surface area contributed by atoms with Crippen LogP contribution in [-0.2, 0) is 19.0 Å². The van der Waals surface area contributed by atoms with Crippen LogP contribution in [0.3, 0.4) is 0 Å². The molecule has 3 aliphatic rings. The molecule has 2 saturated heterocycles. The van der Waals surface area contributed by atoms with Crippen molar-refractivity contribution in [3.05, 3.63) is 11.6 Å². The highest BCUT2D eigenvalue weighted by atomic mass is 16.5. The Bertz CT molecular complexity index is 833. The summed E-state index contributed by atoms with van der Waals surface area (Å²) in [5.74, 6) is -0.309. The number of carbonyl (C=O) groups excluding carboxylic acids is 1. The molecule has 2 fully saturated rings. The molecule has 0 aromatic rings. The van der Waals surface area contributed by atoms with E-state index >= 15 is 0 Å². The molecule has 0 radical (unpaired) electrons. The van der Waals surface area contributed by atoms with Gasteiger partial charge >= 0.3 is 5.97 Å². The van der Waals surface area contributed by atoms with Crippen molar-refractivity contribution in [2.45, 2.75) is 216 Å². The van der Waals surface area contributed by atoms with Gasteiger partial charge < -0.3 is 34.6 Å². The summed E-state index contributed by atoms with van der Waals surface area (Å²) in [6.45, 7) is 4.07. The molecule has 3 heterocycles. The normalized spacial score (nSPS) is 27.8. The maximum Gasteiger partial charge on any atom is 0.334 e. The van der Waals surface area contributed by atoms with Crippen molar-refractivity contribution in [2.24, 2.45) is 0 Å². The Morgan fingerprint density at radius 3 is 1.78 bits per heavy atom. The van der Waals surface area contributed by atoms with Gasteiger partial charge in [-0.3, -0.25) is 0 Å². The van der Waals surface area contributed by atoms with E-state index in [9.17, 15) is 25.2 Å². The van der Waals surface area contributed by atoms with Gasteiger partial charge in [-0.25, -0.2) is 4.79 Å². The first kappa shape index (κ1) is 38.4. The van der Waals surface area contributed by atoms with Gasteiger partial charge in [-0.2, -0.15) is 0 Å². The first-order chi connectivity index (χ1) is 21.8. The predicted octanol–water partition coefficient (Wildman–Crippen LogP) is 6.83. The Kier molecular flexibility index (Phi) is 18.6. The zero-order valence-corrected chi connectivity index (χ0v) is 28.5. The van der Waals surface area contributed by atoms with E-state index in [0.29, 0.717) is 31.3 Å². The van der Waals surface area contributed by atoms with Crippen molar-refractivity contribution in [1.82, 2.24) is 0 Å². The molecule has 0 saturated carbocycles. The third kappa shape index (κ3) is 14.7. The molecule has 0 aromatic heterocycles. The number of aliphatic hydroxyl groups excluding tert-OH is 4. The van der Waals surface area contributed by atoms with Gasteiger partial charge in [-0.1, -0.05) is 90.4 Å². The minimum atomic E-state index is -0.638. The van der Waals surface area contributed by atoms with Gasteiger partial charge in [0.05, 0.1) is 48.8 Å². The SMILES string of the molecule is CCCCCCCCCCCC[C@@H](O)[C@H]1CC[C@H]([C@H](O)CC[C@H](O)[C@@H]2CC[C@H](CCCCCC(O)CC3=CC(C)OC3=O)O2)O1. The molecule has 0 amide bonds. The second-order valence-electron chi connectivity index (χ2n) is 14.2. The Hall–Kier alpha value is -1.03. The summed E-state index contributed by atoms with van der Waals surface area (Å²) in [5.41, 5.74) is 0.583. The summed E-state index contributed by atoms with van der Waals surface area (Å²) in [5, 5.41) is 42.4. The Balaban J connectivity index is 1.17. The smallest absolute Gasteiger partial charge is 0.334 e. The molecule has 45 heavy (non-hydrogen) atoms. The van der Waals surface area contributed by atoms with E-state index in [1.807, 2.05) is 6.92 Å². The number of hydrogen-bond acceptors (Lipinski definition) is 8. The maximum atomic E-state index is 11.7. The van der Waals surface area contributed by atoms with Gasteiger partial charge in [-0.05, 0) is 70.8 Å². The molecule has 3 aliphatic heterocycles. The van der Waals surface area contributed by atoms with Crippen LogP contribution < -0.4 is 0 Å². The number of esters is 1. The van der Waals surface area contributed by atoms with Gasteiger partial charge in [0.2, 0.25) is 0 Å². The number of aliphatic hydroxyl groups is 4. The van der Waals surface area contributed by atoms with Gasteiger partial charge in [0, 0.05) is 12.0 Å². The van der Waals surface area contributed by atoms with E-state index in [2.05, 4.69) is 6.92 Å². The van der Waals surface area contributed by atoms with Gasteiger partial charge in [0.15, 0.2) is 0 Å². The lowest BCUT2D eigenvalue weighted by Gasteiger charge is -2.24. The third-order valence-corrected chi connectivity index (χ3v) is 10.1. The summed E-state index contributed by atoms with van der Waals surface area (Å²) >= 11 is 0. The van der Waals surface area contributed by atoms with E-state index in [1.165, 1.54) is 51.4 Å². The lowest BCUT2D eigenvalue weighted by atomic mass is 9.98. The summed E-state index contributed by atoms with van der Waals surface area (Å²) in [7, 11) is 0. The Morgan fingerprint density at radius 1 is 0.667 bits per heavy atom. The standard InChI is InChI=1S/C37H66O8/c1-3-4-5-6-7-8-9-10-11-15-18-31(39)35-23-24-36(45-35)33(41)21-20-32(40)34-22-19-30(44-34)17-14-12-13-16-29(38)26-28-25-27(2)43-37(28)42/h25,27,29-36,38-41H,3-24,26H2,1-2H3/t27?,29?,30-,31+,32-,33+,34-,35+,36+/m0/s1. The molecule has 8 nitrogen and oxygen atoms in total. The number of ether oxygens (including phenoxy) is 3. The van der Waals surface area contributed by atoms with Crippen LogP contribution in [0.1, 0.15) is 162 Å². The van der Waals surface area contributed by atoms with Crippen molar-refractivity contribution < 1.29 is 39.4 Å². The Morgan fingerprint density at radius 2 is 1.18 bits per heavy atom. The van der Waals surface area contributed by atoms with Crippen molar-refractivity contribution in [3.63, 3.8) is 0 Å². The van der Waals surface area contributed by atoms with Crippen LogP contribution in [0.2, 0.25) is 0 Å². The molecule has 3 rings (SSSR count). The average Bonchev–Trinajstić information content (AvgIpc) is 3.77. The predicted molar refractivity (Wildman–Crippen MR) is 177 cm³/mol. The fourth-order valence-electron chi connectivity index (χ4n) is 7.29. The number of hydrogen-bond donors (Lipinski definition) is 4. The zero-order chi connectivity index (χ0) is 32.4. The maximum absolute atomic E-state index is 11.7. The molecule has 9 atom stereocenters. The van der Waals surface area contributed by atoms with Crippen LogP contribution in [-0.4, -0.2) is 81.3 Å². The van der Waals surface area contributed by atoms with Gasteiger partial charge in [0.25, 0.3) is 0 Å². The van der Waals surface area contributed by atoms with E-state index in [1.54, 1.807) is 6.08 Å². The van der Waals surface area contributed by atoms with E-state index in [4.69, 9.17) is 14.2 Å². The van der Waals surface area contributed by atoms with Crippen LogP contribution in [0.15, 0.2) is 11.6 Å². The van der Waals surface area contributed by atoms with Crippen LogP contribution >= 0.6 is 0 Å². The van der Waals surface area contributed by atoms with Crippen LogP contribution in [0.4, 0.5) is 0 Å². The van der Waals surface area contributed by atoms with Crippen molar-refractivity contribution in [1.29, 1.82) is 0 Å². The van der Waals surface area contributed by atoms with Crippen molar-refractivity contribution in [2.75, 3.05) is 0 Å². The lowest BCUT2D eigenvalue weighted by Crippen LogP contribution is -2.33. The minimum absolute atomic E-state index is 0.148. The van der Waals surface area contributed by atoms with E-state index < -0.39 is 24.4 Å². The van der Waals surface area contributed by atoms with Crippen LogP contribution in [0, 0.1) is 0 Å². The first-order valence-electron chi connectivity index (χ1n) is 18.7. The second-order valence-corrected chi connectivity index (χ2v) is 14.2. The largest absolute Gasteiger partial charge is 0.455 e. The molecular formula is C37H66O8. The van der Waals surface area contributed by atoms with E-state index in [0.717, 1.165) is 70.6 Å². The number of unbranched alkanes of at least 4 members (excludes halogenated alkanes) is 11. The van der Waals surface area contributed by atoms with Crippen molar-refractivity contribution >= 4 is 5.97 Å². The summed E-state index contributed by atoms with van der Waals surface area (Å²) < 4.78 is 17.3. The lowest BCUT2D eigenvalue weighted by molar-refractivity contribution is -0.139. The topological polar surface area (TPSA) is 126 Å². The number of rotatable bonds is 25. The average molecular weight is 639 g/mol. The fraction of sp³-hybridized carbons (Fsp3) is 0.919. The monoisotopic (exact) mass is 638 g/mol. The molecule has 4 N–H and O–H groups in total. The van der Waals surface area contributed by atoms with Gasteiger partial charge in [-0.15, -0.1) is 0 Å². The van der Waals surface area contributed by atoms with E-state index in [-0.39, 0.29) is 36.5 Å². The number of carbonyl (C=O) groups is 1. The minimum Gasteiger partial charge on any atom is -0.455 e. The van der Waals surface area contributed by atoms with Gasteiger partial charge in [0.1, 0.15) is 6.10 Å². The highest BCUT2D eigenvalue weighted by molar-refractivity contribution is 5.90. The summed E-state index contributed by atoms with van der Waals surface area (Å²) in [6, 6.07) is 0. The molecule has 0 aromatic carbocycles. The van der Waals surface area contributed by atoms with Crippen molar-refractivity contribution in [3.8, 4) is 0 Å². The molecule has 2 unspecified atom stereocenters. The first-order valence-corrected chi connectivity index (χ1v) is 18.7. The molecule has 8 heteroatoms. The molecule has 0 bridgehead atoms. The molecular weight excluding hydrogens is 572 g/mol. The Labute approximate surface area is 273 Å². The quantitative estimate of drug-likeness (QED) is 0.0634. The summed E-state index contributed by atoms with van der Waals surface area (Å²) in [6.07, 6.45) is 21.5. The highest BCUT2D eigenvalue weighted by Gasteiger charge is 2.36.